The lowest BCUT2D eigenvalue weighted by Crippen LogP contribution is -2.19. The van der Waals surface area contributed by atoms with Gasteiger partial charge in [0.15, 0.2) is 0 Å². The van der Waals surface area contributed by atoms with Crippen LogP contribution < -0.4 is 5.73 Å². The molecule has 20 heavy (non-hydrogen) atoms. The van der Waals surface area contributed by atoms with Crippen molar-refractivity contribution in [1.82, 2.24) is 10.1 Å². The van der Waals surface area contributed by atoms with Crippen LogP contribution in [0.15, 0.2) is 33.3 Å². The van der Waals surface area contributed by atoms with E-state index in [0.717, 1.165) is 22.9 Å². The maximum Gasteiger partial charge on any atom is 0.227 e. The standard InChI is InChI=1S/C15H20BrN3O/c1-10(2)7-11(9-17)8-14-18-15(19-20-14)12-5-3-4-6-13(12)16/h3-6,10-11H,7-9,17H2,1-2H3/t11-/m0/s1. The minimum atomic E-state index is 0.391. The molecule has 2 aromatic rings. The molecular formula is C15H20BrN3O. The number of nitrogens with two attached hydrogens (primary N) is 1. The summed E-state index contributed by atoms with van der Waals surface area (Å²) in [4.78, 5) is 4.47. The fourth-order valence-corrected chi connectivity index (χ4v) is 2.73. The van der Waals surface area contributed by atoms with Gasteiger partial charge in [-0.2, -0.15) is 4.98 Å². The van der Waals surface area contributed by atoms with E-state index in [0.29, 0.717) is 30.1 Å². The van der Waals surface area contributed by atoms with Gasteiger partial charge in [-0.1, -0.05) is 47.1 Å². The lowest BCUT2D eigenvalue weighted by molar-refractivity contribution is 0.332. The highest BCUT2D eigenvalue weighted by Gasteiger charge is 2.16. The first-order chi connectivity index (χ1) is 9.60. The van der Waals surface area contributed by atoms with Gasteiger partial charge < -0.3 is 10.3 Å². The van der Waals surface area contributed by atoms with Crippen molar-refractivity contribution in [3.05, 3.63) is 34.6 Å². The van der Waals surface area contributed by atoms with Crippen molar-refractivity contribution in [1.29, 1.82) is 0 Å². The molecule has 0 aliphatic carbocycles. The normalized spacial score (nSPS) is 12.8. The van der Waals surface area contributed by atoms with Gasteiger partial charge in [-0.3, -0.25) is 0 Å². The summed E-state index contributed by atoms with van der Waals surface area (Å²) in [5.74, 6) is 2.29. The van der Waals surface area contributed by atoms with Gasteiger partial charge in [0.2, 0.25) is 11.7 Å². The molecule has 1 heterocycles. The quantitative estimate of drug-likeness (QED) is 0.873. The fourth-order valence-electron chi connectivity index (χ4n) is 2.27. The van der Waals surface area contributed by atoms with Crippen molar-refractivity contribution >= 4 is 15.9 Å². The third-order valence-corrected chi connectivity index (χ3v) is 3.88. The van der Waals surface area contributed by atoms with Crippen LogP contribution in [0.3, 0.4) is 0 Å². The molecule has 1 atom stereocenters. The lowest BCUT2D eigenvalue weighted by Gasteiger charge is -2.14. The molecule has 4 nitrogen and oxygen atoms in total. The summed E-state index contributed by atoms with van der Waals surface area (Å²) in [7, 11) is 0. The van der Waals surface area contributed by atoms with E-state index in [-0.39, 0.29) is 0 Å². The molecule has 2 N–H and O–H groups in total. The summed E-state index contributed by atoms with van der Waals surface area (Å²) in [6, 6.07) is 7.85. The van der Waals surface area contributed by atoms with E-state index in [1.807, 2.05) is 24.3 Å². The van der Waals surface area contributed by atoms with Crippen LogP contribution in [0, 0.1) is 11.8 Å². The number of halogens is 1. The van der Waals surface area contributed by atoms with Crippen LogP contribution in [0.25, 0.3) is 11.4 Å². The highest BCUT2D eigenvalue weighted by atomic mass is 79.9. The van der Waals surface area contributed by atoms with Gasteiger partial charge >= 0.3 is 0 Å². The van der Waals surface area contributed by atoms with Gasteiger partial charge in [-0.15, -0.1) is 0 Å². The van der Waals surface area contributed by atoms with Crippen LogP contribution in [0.1, 0.15) is 26.2 Å². The van der Waals surface area contributed by atoms with E-state index < -0.39 is 0 Å². The molecular weight excluding hydrogens is 318 g/mol. The third-order valence-electron chi connectivity index (χ3n) is 3.18. The van der Waals surface area contributed by atoms with Crippen molar-refractivity contribution in [2.45, 2.75) is 26.7 Å². The molecule has 0 saturated carbocycles. The molecule has 0 spiro atoms. The fraction of sp³-hybridized carbons (Fsp3) is 0.467. The third kappa shape index (κ3) is 3.90. The first-order valence-electron chi connectivity index (χ1n) is 6.87. The summed E-state index contributed by atoms with van der Waals surface area (Å²) in [5.41, 5.74) is 6.75. The summed E-state index contributed by atoms with van der Waals surface area (Å²) < 4.78 is 6.31. The Hall–Kier alpha value is -1.20. The Labute approximate surface area is 127 Å². The van der Waals surface area contributed by atoms with Gasteiger partial charge in [0.05, 0.1) is 0 Å². The largest absolute Gasteiger partial charge is 0.339 e. The Balaban J connectivity index is 2.11. The average molecular weight is 338 g/mol. The number of benzene rings is 1. The predicted octanol–water partition coefficient (Wildman–Crippen LogP) is 3.66. The monoisotopic (exact) mass is 337 g/mol. The second kappa shape index (κ2) is 6.99. The maximum absolute atomic E-state index is 5.81. The van der Waals surface area contributed by atoms with Gasteiger partial charge in [0.25, 0.3) is 0 Å². The van der Waals surface area contributed by atoms with E-state index in [4.69, 9.17) is 10.3 Å². The Bertz CT molecular complexity index is 554. The van der Waals surface area contributed by atoms with E-state index in [1.165, 1.54) is 0 Å². The maximum atomic E-state index is 5.81. The molecule has 1 aromatic heterocycles. The van der Waals surface area contributed by atoms with Crippen molar-refractivity contribution in [3.63, 3.8) is 0 Å². The molecule has 0 amide bonds. The molecule has 0 aliphatic rings. The number of hydrogen-bond acceptors (Lipinski definition) is 4. The van der Waals surface area contributed by atoms with Crippen LogP contribution in [0.2, 0.25) is 0 Å². The van der Waals surface area contributed by atoms with E-state index in [2.05, 4.69) is 39.9 Å². The van der Waals surface area contributed by atoms with Crippen molar-refractivity contribution in [2.24, 2.45) is 17.6 Å². The van der Waals surface area contributed by atoms with Crippen LogP contribution in [0.4, 0.5) is 0 Å². The Kier molecular flexibility index (Phi) is 5.31. The van der Waals surface area contributed by atoms with Crippen LogP contribution >= 0.6 is 15.9 Å². The van der Waals surface area contributed by atoms with Crippen molar-refractivity contribution in [3.8, 4) is 11.4 Å². The SMILES string of the molecule is CC(C)C[C@H](CN)Cc1nc(-c2ccccc2Br)no1. The molecule has 108 valence electrons. The second-order valence-corrected chi connectivity index (χ2v) is 6.28. The zero-order valence-electron chi connectivity index (χ0n) is 11.8. The first kappa shape index (κ1) is 15.2. The molecule has 5 heteroatoms. The number of nitrogens with zero attached hydrogens (tertiary/aromatic N) is 2. The molecule has 0 saturated heterocycles. The molecule has 0 radical (unpaired) electrons. The number of rotatable bonds is 6. The van der Waals surface area contributed by atoms with Gasteiger partial charge in [-0.05, 0) is 36.9 Å². The second-order valence-electron chi connectivity index (χ2n) is 5.43. The minimum Gasteiger partial charge on any atom is -0.339 e. The topological polar surface area (TPSA) is 64.9 Å². The smallest absolute Gasteiger partial charge is 0.227 e. The molecule has 0 fully saturated rings. The highest BCUT2D eigenvalue weighted by Crippen LogP contribution is 2.26. The zero-order chi connectivity index (χ0) is 14.5. The van der Waals surface area contributed by atoms with Crippen molar-refractivity contribution < 1.29 is 4.52 Å². The van der Waals surface area contributed by atoms with Crippen LogP contribution in [-0.2, 0) is 6.42 Å². The van der Waals surface area contributed by atoms with Crippen LogP contribution in [-0.4, -0.2) is 16.7 Å². The van der Waals surface area contributed by atoms with Gasteiger partial charge in [0.1, 0.15) is 0 Å². The van der Waals surface area contributed by atoms with Gasteiger partial charge in [-0.25, -0.2) is 0 Å². The first-order valence-corrected chi connectivity index (χ1v) is 7.67. The van der Waals surface area contributed by atoms with Crippen molar-refractivity contribution in [2.75, 3.05) is 6.54 Å². The molecule has 1 aromatic carbocycles. The van der Waals surface area contributed by atoms with E-state index in [9.17, 15) is 0 Å². The van der Waals surface area contributed by atoms with Gasteiger partial charge in [0, 0.05) is 16.5 Å². The predicted molar refractivity (Wildman–Crippen MR) is 83.1 cm³/mol. The number of hydrogen-bond donors (Lipinski definition) is 1. The summed E-state index contributed by atoms with van der Waals surface area (Å²) in [6.45, 7) is 5.04. The molecule has 0 bridgehead atoms. The van der Waals surface area contributed by atoms with Crippen LogP contribution in [0.5, 0.6) is 0 Å². The van der Waals surface area contributed by atoms with E-state index >= 15 is 0 Å². The number of aromatic nitrogens is 2. The van der Waals surface area contributed by atoms with E-state index in [1.54, 1.807) is 0 Å². The summed E-state index contributed by atoms with van der Waals surface area (Å²) in [5, 5.41) is 4.06. The Morgan fingerprint density at radius 2 is 2.05 bits per heavy atom. The molecule has 0 unspecified atom stereocenters. The molecule has 2 rings (SSSR count). The Morgan fingerprint density at radius 1 is 1.30 bits per heavy atom. The average Bonchev–Trinajstić information content (AvgIpc) is 2.86. The minimum absolute atomic E-state index is 0.391. The summed E-state index contributed by atoms with van der Waals surface area (Å²) in [6.07, 6.45) is 1.81. The lowest BCUT2D eigenvalue weighted by atomic mass is 9.94. The zero-order valence-corrected chi connectivity index (χ0v) is 13.4. The highest BCUT2D eigenvalue weighted by molar-refractivity contribution is 9.10. The Morgan fingerprint density at radius 3 is 2.70 bits per heavy atom. The molecule has 0 aliphatic heterocycles. The summed E-state index contributed by atoms with van der Waals surface area (Å²) >= 11 is 3.50.